The van der Waals surface area contributed by atoms with E-state index in [1.54, 1.807) is 31.4 Å². The summed E-state index contributed by atoms with van der Waals surface area (Å²) in [6.45, 7) is 1.55. The van der Waals surface area contributed by atoms with Crippen molar-refractivity contribution in [2.24, 2.45) is 11.8 Å². The van der Waals surface area contributed by atoms with E-state index in [9.17, 15) is 20.4 Å². The van der Waals surface area contributed by atoms with Crippen molar-refractivity contribution < 1.29 is 39.4 Å². The molecule has 0 radical (unpaired) electrons. The standard InChI is InChI=1S/C64H69N3O8/c1-72-39-65-62-33-45-18-14-40(12-13-41-16-21-58(70)46(26-41)27-43-7-4-8-50(68)28-43)6-5-9-52-34-51(69)20-15-42-17-22-59(71)61(29-42)75-37-48-31-49(30-47-35-67(36-54(47)48)63(66-62)55(45)38-74-52)64-24-25-73-60-23-19-44(32-57(60)64)53-10-2-3-11-56(53)64/h2-4,7-8,10-11,16-17,21-22,26,28-31,33,35-36,40,44,51-52,57,60,62,65-66,68-71H,5-6,9,12-13,15,19-20,23-25,27,32,34,37-39H2,1H3. The molecule has 1 aromatic heterocycles. The van der Waals surface area contributed by atoms with Crippen LogP contribution >= 0.6 is 0 Å². The Labute approximate surface area is 440 Å². The Bertz CT molecular complexity index is 3220. The zero-order valence-electron chi connectivity index (χ0n) is 42.9. The zero-order chi connectivity index (χ0) is 51.0. The monoisotopic (exact) mass is 1010 g/mol. The number of phenols is 3. The highest BCUT2D eigenvalue weighted by Gasteiger charge is 2.55. The van der Waals surface area contributed by atoms with Crippen molar-refractivity contribution in [1.29, 1.82) is 0 Å². The number of hydrogen-bond donors (Lipinski definition) is 6. The minimum Gasteiger partial charge on any atom is -0.508 e. The van der Waals surface area contributed by atoms with Gasteiger partial charge in [-0.15, -0.1) is 0 Å². The Morgan fingerprint density at radius 3 is 2.67 bits per heavy atom. The van der Waals surface area contributed by atoms with Crippen molar-refractivity contribution in [3.05, 3.63) is 171 Å². The van der Waals surface area contributed by atoms with Crippen LogP contribution in [0.25, 0.3) is 16.6 Å². The summed E-state index contributed by atoms with van der Waals surface area (Å²) in [7, 11) is 1.68. The van der Waals surface area contributed by atoms with E-state index in [-0.39, 0.29) is 53.6 Å². The average Bonchev–Trinajstić information content (AvgIpc) is 3.85. The third-order valence-corrected chi connectivity index (χ3v) is 17.3. The number of aromatic nitrogens is 1. The SMILES string of the molecule is COCNC1C=C2C#CC(CCc3ccc(O)c(Cc4cccc(O)c4)c3)CCCC3CC(O)CCc4ccc(O)c(c4)OCc4cc(C56CCOC7CCC(CC75)c5ccccc56)cc5cn(cc45)C(=C2CO3)N1. The number of aliphatic hydroxyl groups excluding tert-OH is 1. The van der Waals surface area contributed by atoms with E-state index in [0.29, 0.717) is 63.2 Å². The predicted molar refractivity (Wildman–Crippen MR) is 290 cm³/mol. The first-order valence-corrected chi connectivity index (χ1v) is 27.3. The lowest BCUT2D eigenvalue weighted by atomic mass is 9.51. The molecular weight excluding hydrogens is 939 g/mol. The van der Waals surface area contributed by atoms with Crippen LogP contribution in [-0.2, 0) is 45.5 Å². The number of aryl methyl sites for hydroxylation is 2. The van der Waals surface area contributed by atoms with E-state index >= 15 is 0 Å². The second-order valence-corrected chi connectivity index (χ2v) is 22.0. The summed E-state index contributed by atoms with van der Waals surface area (Å²) in [5.74, 6) is 10.2. The van der Waals surface area contributed by atoms with Crippen LogP contribution in [0.3, 0.4) is 0 Å². The fraction of sp³-hybridized carbons (Fsp3) is 0.406. The quantitative estimate of drug-likeness (QED) is 0.0611. The van der Waals surface area contributed by atoms with E-state index in [1.807, 2.05) is 30.3 Å². The first-order valence-electron chi connectivity index (χ1n) is 27.3. The van der Waals surface area contributed by atoms with Crippen LogP contribution in [0.5, 0.6) is 23.0 Å². The maximum absolute atomic E-state index is 11.7. The van der Waals surface area contributed by atoms with Crippen LogP contribution in [-0.4, -0.2) is 76.5 Å². The Morgan fingerprint density at radius 2 is 1.76 bits per heavy atom. The van der Waals surface area contributed by atoms with Gasteiger partial charge in [0.1, 0.15) is 30.1 Å². The molecule has 8 unspecified atom stereocenters. The summed E-state index contributed by atoms with van der Waals surface area (Å²) >= 11 is 0. The summed E-state index contributed by atoms with van der Waals surface area (Å²) in [6, 6.07) is 32.6. The van der Waals surface area contributed by atoms with Gasteiger partial charge in [-0.05, 0) is 176 Å². The topological polar surface area (TPSA) is 147 Å². The lowest BCUT2D eigenvalue weighted by molar-refractivity contribution is -0.0894. The van der Waals surface area contributed by atoms with Gasteiger partial charge in [0.25, 0.3) is 0 Å². The van der Waals surface area contributed by atoms with Gasteiger partial charge in [-0.2, -0.15) is 0 Å². The van der Waals surface area contributed by atoms with Gasteiger partial charge in [0.05, 0.1) is 31.6 Å². The van der Waals surface area contributed by atoms with Crippen LogP contribution in [0, 0.1) is 23.7 Å². The minimum absolute atomic E-state index is 0.0665. The van der Waals surface area contributed by atoms with E-state index in [4.69, 9.17) is 18.9 Å². The molecule has 5 heterocycles. The fourth-order valence-corrected chi connectivity index (χ4v) is 13.5. The summed E-state index contributed by atoms with van der Waals surface area (Å²) in [4.78, 5) is 0. The number of rotatable bonds is 9. The molecule has 6 aromatic rings. The van der Waals surface area contributed by atoms with Crippen LogP contribution < -0.4 is 15.4 Å². The van der Waals surface area contributed by atoms with Crippen molar-refractivity contribution in [3.63, 3.8) is 0 Å². The first-order chi connectivity index (χ1) is 36.7. The Kier molecular flexibility index (Phi) is 14.0. The molecule has 6 aliphatic rings. The van der Waals surface area contributed by atoms with Gasteiger partial charge in [-0.1, -0.05) is 72.5 Å². The van der Waals surface area contributed by atoms with E-state index in [0.717, 1.165) is 113 Å². The molecule has 0 amide bonds. The third-order valence-electron chi connectivity index (χ3n) is 17.3. The fourth-order valence-electron chi connectivity index (χ4n) is 13.5. The summed E-state index contributed by atoms with van der Waals surface area (Å²) < 4.78 is 28.1. The molecule has 4 aliphatic heterocycles. The van der Waals surface area contributed by atoms with Crippen molar-refractivity contribution in [2.45, 2.75) is 126 Å². The zero-order valence-corrected chi connectivity index (χ0v) is 42.9. The summed E-state index contributed by atoms with van der Waals surface area (Å²) in [6.07, 6.45) is 16.1. The number of ether oxygens (including phenoxy) is 4. The van der Waals surface area contributed by atoms with E-state index in [2.05, 4.69) is 88.0 Å². The Hall–Kier alpha value is -6.52. The molecule has 1 saturated carbocycles. The van der Waals surface area contributed by atoms with Crippen LogP contribution in [0.4, 0.5) is 0 Å². The smallest absolute Gasteiger partial charge is 0.161 e. The lowest BCUT2D eigenvalue weighted by Gasteiger charge is -2.56. The number of aromatic hydroxyl groups is 3. The third kappa shape index (κ3) is 10.1. The second kappa shape index (κ2) is 21.2. The number of benzene rings is 5. The normalized spacial score (nSPS) is 26.4. The minimum atomic E-state index is -0.612. The number of hydrogen-bond acceptors (Lipinski definition) is 10. The number of nitrogens with zero attached hydrogens (tertiary/aromatic N) is 1. The molecule has 12 rings (SSSR count). The molecule has 6 N–H and O–H groups in total. The van der Waals surface area contributed by atoms with Gasteiger partial charge in [0.2, 0.25) is 0 Å². The molecular formula is C64H69N3O8. The predicted octanol–water partition coefficient (Wildman–Crippen LogP) is 10.6. The molecule has 11 heteroatoms. The first kappa shape index (κ1) is 49.4. The number of fused-ring (bicyclic) bond motifs is 10. The summed E-state index contributed by atoms with van der Waals surface area (Å²) in [5, 5.41) is 53.5. The molecule has 1 saturated heterocycles. The molecule has 2 fully saturated rings. The van der Waals surface area contributed by atoms with Crippen molar-refractivity contribution in [1.82, 2.24) is 15.2 Å². The maximum atomic E-state index is 11.7. The molecule has 75 heavy (non-hydrogen) atoms. The largest absolute Gasteiger partial charge is 0.508 e. The number of nitrogens with one attached hydrogen (secondary N) is 2. The van der Waals surface area contributed by atoms with Crippen LogP contribution in [0.2, 0.25) is 0 Å². The second-order valence-electron chi connectivity index (χ2n) is 22.0. The molecule has 11 nitrogen and oxygen atoms in total. The molecule has 8 atom stereocenters. The number of dihydropyridines is 1. The molecule has 5 aromatic carbocycles. The van der Waals surface area contributed by atoms with E-state index in [1.165, 1.54) is 16.7 Å². The van der Waals surface area contributed by atoms with Crippen molar-refractivity contribution in [3.8, 4) is 34.8 Å². The molecule has 2 aliphatic carbocycles. The highest BCUT2D eigenvalue weighted by Crippen LogP contribution is 2.60. The lowest BCUT2D eigenvalue weighted by Crippen LogP contribution is -2.54. The number of phenolic OH excluding ortho intramolecular Hbond substituents is 3. The van der Waals surface area contributed by atoms with Gasteiger partial charge >= 0.3 is 0 Å². The van der Waals surface area contributed by atoms with Gasteiger partial charge in [0.15, 0.2) is 11.5 Å². The summed E-state index contributed by atoms with van der Waals surface area (Å²) in [5.41, 5.74) is 10.7. The highest BCUT2D eigenvalue weighted by atomic mass is 16.5. The molecule has 388 valence electrons. The molecule has 8 bridgehead atoms. The molecule has 0 spiro atoms. The van der Waals surface area contributed by atoms with Gasteiger partial charge in [-0.3, -0.25) is 5.32 Å². The van der Waals surface area contributed by atoms with Crippen LogP contribution in [0.1, 0.15) is 115 Å². The Balaban J connectivity index is 0.965. The highest BCUT2D eigenvalue weighted by molar-refractivity contribution is 5.89. The van der Waals surface area contributed by atoms with Gasteiger partial charge in [-0.25, -0.2) is 0 Å². The van der Waals surface area contributed by atoms with Crippen molar-refractivity contribution in [2.75, 3.05) is 27.1 Å². The Morgan fingerprint density at radius 1 is 0.853 bits per heavy atom. The van der Waals surface area contributed by atoms with Gasteiger partial charge < -0.3 is 49.3 Å². The van der Waals surface area contributed by atoms with Gasteiger partial charge in [0, 0.05) is 65.8 Å². The number of methoxy groups -OCH3 is 1. The van der Waals surface area contributed by atoms with E-state index < -0.39 is 6.10 Å². The maximum Gasteiger partial charge on any atom is 0.161 e. The average molecular weight is 1010 g/mol. The van der Waals surface area contributed by atoms with Crippen molar-refractivity contribution >= 4 is 16.6 Å². The number of aliphatic hydroxyl groups is 1. The van der Waals surface area contributed by atoms with Crippen LogP contribution in [0.15, 0.2) is 127 Å².